The molecule has 0 aromatic heterocycles. The number of anilines is 1. The predicted octanol–water partition coefficient (Wildman–Crippen LogP) is 3.98. The molecule has 0 radical (unpaired) electrons. The van der Waals surface area contributed by atoms with Crippen LogP contribution in [0.4, 0.5) is 15.3 Å². The Hall–Kier alpha value is -3.21. The van der Waals surface area contributed by atoms with Gasteiger partial charge in [-0.2, -0.15) is 0 Å². The molecule has 1 atom stereocenters. The Morgan fingerprint density at radius 1 is 1.14 bits per heavy atom. The highest BCUT2D eigenvalue weighted by atomic mass is 35.5. The fourth-order valence-electron chi connectivity index (χ4n) is 3.97. The number of carbonyl (C=O) groups excluding carboxylic acids is 3. The van der Waals surface area contributed by atoms with Crippen LogP contribution in [-0.4, -0.2) is 77.9 Å². The Morgan fingerprint density at radius 3 is 2.49 bits per heavy atom. The number of morpholine rings is 1. The van der Waals surface area contributed by atoms with Gasteiger partial charge in [-0.1, -0.05) is 35.3 Å². The molecule has 2 aromatic rings. The van der Waals surface area contributed by atoms with E-state index in [0.29, 0.717) is 47.8 Å². The predicted molar refractivity (Wildman–Crippen MR) is 140 cm³/mol. The van der Waals surface area contributed by atoms with E-state index < -0.39 is 18.4 Å². The summed E-state index contributed by atoms with van der Waals surface area (Å²) in [5.41, 5.74) is 1.36. The molecule has 0 bridgehead atoms. The van der Waals surface area contributed by atoms with Gasteiger partial charge in [-0.05, 0) is 49.7 Å². The number of amides is 5. The fraction of sp³-hybridized carbons (Fsp3) is 0.400. The van der Waals surface area contributed by atoms with Gasteiger partial charge in [0.1, 0.15) is 12.3 Å². The highest BCUT2D eigenvalue weighted by Crippen LogP contribution is 2.29. The molecule has 0 saturated carbocycles. The molecule has 4 rings (SSSR count). The first-order valence-electron chi connectivity index (χ1n) is 11.9. The minimum absolute atomic E-state index is 0.0485. The molecule has 5 amide bonds. The van der Waals surface area contributed by atoms with Crippen molar-refractivity contribution in [2.24, 2.45) is 0 Å². The third-order valence-corrected chi connectivity index (χ3v) is 6.36. The van der Waals surface area contributed by atoms with Crippen molar-refractivity contribution in [3.05, 3.63) is 58.1 Å². The number of nitrogens with zero attached hydrogens (tertiary/aromatic N) is 3. The highest BCUT2D eigenvalue weighted by Gasteiger charge is 2.40. The third kappa shape index (κ3) is 6.76. The molecular formula is C25H29Cl2N5O5. The number of nitrogens with one attached hydrogen (secondary N) is 2. The quantitative estimate of drug-likeness (QED) is 0.516. The van der Waals surface area contributed by atoms with Gasteiger partial charge in [0.25, 0.3) is 0 Å². The van der Waals surface area contributed by atoms with Crippen molar-refractivity contribution in [2.45, 2.75) is 32.8 Å². The van der Waals surface area contributed by atoms with Crippen LogP contribution in [-0.2, 0) is 16.1 Å². The normalized spacial score (nSPS) is 18.2. The van der Waals surface area contributed by atoms with E-state index in [2.05, 4.69) is 10.6 Å². The molecule has 12 heteroatoms. The van der Waals surface area contributed by atoms with Crippen LogP contribution in [0.25, 0.3) is 0 Å². The SMILES string of the molecule is CC(C)Oc1ccc(NC2NC(=O)N(CC(=O)N3CCOCC3)C(=O)N2Cc2ccc(Cl)cc2)cc1Cl. The smallest absolute Gasteiger partial charge is 0.332 e. The molecular weight excluding hydrogens is 521 g/mol. The summed E-state index contributed by atoms with van der Waals surface area (Å²) >= 11 is 12.4. The first-order valence-corrected chi connectivity index (χ1v) is 12.7. The molecule has 2 N–H and O–H groups in total. The number of rotatable bonds is 8. The lowest BCUT2D eigenvalue weighted by Gasteiger charge is -2.41. The lowest BCUT2D eigenvalue weighted by Crippen LogP contribution is -2.68. The minimum atomic E-state index is -0.904. The van der Waals surface area contributed by atoms with E-state index in [1.807, 2.05) is 13.8 Å². The van der Waals surface area contributed by atoms with Crippen molar-refractivity contribution in [3.63, 3.8) is 0 Å². The zero-order valence-corrected chi connectivity index (χ0v) is 22.1. The number of carbonyl (C=O) groups is 3. The van der Waals surface area contributed by atoms with Gasteiger partial charge in [-0.3, -0.25) is 15.0 Å². The number of hydrogen-bond acceptors (Lipinski definition) is 6. The molecule has 2 aromatic carbocycles. The lowest BCUT2D eigenvalue weighted by atomic mass is 10.2. The summed E-state index contributed by atoms with van der Waals surface area (Å²) in [7, 11) is 0. The topological polar surface area (TPSA) is 103 Å². The number of ether oxygens (including phenoxy) is 2. The van der Waals surface area contributed by atoms with E-state index in [-0.39, 0.29) is 25.1 Å². The maximum absolute atomic E-state index is 13.6. The zero-order chi connectivity index (χ0) is 26.5. The van der Waals surface area contributed by atoms with E-state index in [4.69, 9.17) is 32.7 Å². The summed E-state index contributed by atoms with van der Waals surface area (Å²) < 4.78 is 11.0. The first-order chi connectivity index (χ1) is 17.7. The molecule has 0 aliphatic carbocycles. The molecule has 1 unspecified atom stereocenters. The van der Waals surface area contributed by atoms with E-state index in [0.717, 1.165) is 10.5 Å². The molecule has 2 fully saturated rings. The minimum Gasteiger partial charge on any atom is -0.489 e. The summed E-state index contributed by atoms with van der Waals surface area (Å²) in [5.74, 6) is 0.203. The van der Waals surface area contributed by atoms with Gasteiger partial charge in [0.2, 0.25) is 5.91 Å². The summed E-state index contributed by atoms with van der Waals surface area (Å²) in [6.45, 7) is 5.25. The van der Waals surface area contributed by atoms with Gasteiger partial charge in [-0.15, -0.1) is 0 Å². The monoisotopic (exact) mass is 549 g/mol. The van der Waals surface area contributed by atoms with Gasteiger partial charge in [0, 0.05) is 23.8 Å². The number of hydrogen-bond donors (Lipinski definition) is 2. The molecule has 37 heavy (non-hydrogen) atoms. The van der Waals surface area contributed by atoms with Crippen LogP contribution >= 0.6 is 23.2 Å². The highest BCUT2D eigenvalue weighted by molar-refractivity contribution is 6.32. The van der Waals surface area contributed by atoms with Crippen LogP contribution in [0.1, 0.15) is 19.4 Å². The maximum atomic E-state index is 13.6. The Morgan fingerprint density at radius 2 is 1.84 bits per heavy atom. The second kappa shape index (κ2) is 11.9. The fourth-order valence-corrected chi connectivity index (χ4v) is 4.32. The van der Waals surface area contributed by atoms with Crippen molar-refractivity contribution < 1.29 is 23.9 Å². The number of benzene rings is 2. The Balaban J connectivity index is 1.55. The van der Waals surface area contributed by atoms with Gasteiger partial charge in [0.15, 0.2) is 6.29 Å². The van der Waals surface area contributed by atoms with Crippen LogP contribution < -0.4 is 15.4 Å². The summed E-state index contributed by atoms with van der Waals surface area (Å²) in [4.78, 5) is 43.3. The second-order valence-electron chi connectivity index (χ2n) is 8.92. The Bertz CT molecular complexity index is 1140. The molecule has 2 aliphatic rings. The molecule has 0 spiro atoms. The van der Waals surface area contributed by atoms with Crippen LogP contribution in [0.3, 0.4) is 0 Å². The van der Waals surface area contributed by atoms with Crippen LogP contribution in [0.5, 0.6) is 5.75 Å². The van der Waals surface area contributed by atoms with Gasteiger partial charge < -0.3 is 19.7 Å². The van der Waals surface area contributed by atoms with Crippen molar-refractivity contribution in [2.75, 3.05) is 38.2 Å². The van der Waals surface area contributed by atoms with Gasteiger partial charge in [0.05, 0.1) is 30.9 Å². The van der Waals surface area contributed by atoms with Gasteiger partial charge >= 0.3 is 12.1 Å². The first kappa shape index (κ1) is 26.8. The summed E-state index contributed by atoms with van der Waals surface area (Å²) in [6.07, 6.45) is -0.953. The lowest BCUT2D eigenvalue weighted by molar-refractivity contribution is -0.135. The standard InChI is InChI=1S/C25H29Cl2N5O5/c1-16(2)37-21-8-7-19(13-20(21)27)28-23-29-24(34)32(15-22(33)30-9-11-36-12-10-30)25(35)31(23)14-17-3-5-18(26)6-4-17/h3-8,13,16,23,28H,9-12,14-15H2,1-2H3,(H,29,34). The Labute approximate surface area is 225 Å². The van der Waals surface area contributed by atoms with Crippen molar-refractivity contribution >= 4 is 46.9 Å². The summed E-state index contributed by atoms with van der Waals surface area (Å²) in [6, 6.07) is 10.9. The molecule has 2 aliphatic heterocycles. The maximum Gasteiger partial charge on any atom is 0.332 e. The number of imide groups is 1. The van der Waals surface area contributed by atoms with E-state index in [1.54, 1.807) is 47.4 Å². The van der Waals surface area contributed by atoms with E-state index in [9.17, 15) is 14.4 Å². The van der Waals surface area contributed by atoms with Crippen molar-refractivity contribution in [1.29, 1.82) is 0 Å². The molecule has 2 saturated heterocycles. The van der Waals surface area contributed by atoms with E-state index >= 15 is 0 Å². The Kier molecular flexibility index (Phi) is 8.63. The van der Waals surface area contributed by atoms with Crippen molar-refractivity contribution in [3.8, 4) is 5.75 Å². The third-order valence-electron chi connectivity index (χ3n) is 5.81. The van der Waals surface area contributed by atoms with Crippen LogP contribution in [0.2, 0.25) is 10.0 Å². The summed E-state index contributed by atoms with van der Waals surface area (Å²) in [5, 5.41) is 6.88. The average Bonchev–Trinajstić information content (AvgIpc) is 2.87. The largest absolute Gasteiger partial charge is 0.489 e. The number of urea groups is 2. The molecule has 198 valence electrons. The van der Waals surface area contributed by atoms with E-state index in [1.165, 1.54) is 4.90 Å². The van der Waals surface area contributed by atoms with Gasteiger partial charge in [-0.25, -0.2) is 14.5 Å². The van der Waals surface area contributed by atoms with Crippen LogP contribution in [0.15, 0.2) is 42.5 Å². The van der Waals surface area contributed by atoms with Crippen molar-refractivity contribution in [1.82, 2.24) is 20.0 Å². The van der Waals surface area contributed by atoms with Crippen LogP contribution in [0, 0.1) is 0 Å². The molecule has 2 heterocycles. The zero-order valence-electron chi connectivity index (χ0n) is 20.6. The second-order valence-corrected chi connectivity index (χ2v) is 9.77. The number of halogens is 2. The molecule has 10 nitrogen and oxygen atoms in total. The average molecular weight is 550 g/mol.